The van der Waals surface area contributed by atoms with Crippen molar-refractivity contribution in [2.24, 2.45) is 12.8 Å². The number of nitrogens with one attached hydrogen (secondary N) is 2. The molecule has 0 radical (unpaired) electrons. The van der Waals surface area contributed by atoms with Crippen molar-refractivity contribution >= 4 is 40.1 Å². The molecule has 4 rings (SSSR count). The minimum atomic E-state index is -0.482. The minimum absolute atomic E-state index is 0.00843. The van der Waals surface area contributed by atoms with Crippen molar-refractivity contribution in [1.29, 1.82) is 5.41 Å². The summed E-state index contributed by atoms with van der Waals surface area (Å²) in [5.41, 5.74) is 9.19. The van der Waals surface area contributed by atoms with E-state index in [1.807, 2.05) is 29.8 Å². The van der Waals surface area contributed by atoms with Gasteiger partial charge in [-0.05, 0) is 67.6 Å². The van der Waals surface area contributed by atoms with Crippen molar-refractivity contribution < 1.29 is 18.7 Å². The smallest absolute Gasteiger partial charge is 0.307 e. The van der Waals surface area contributed by atoms with E-state index in [4.69, 9.17) is 20.9 Å². The third-order valence-corrected chi connectivity index (χ3v) is 6.08. The van der Waals surface area contributed by atoms with Crippen LogP contribution in [0.2, 0.25) is 0 Å². The number of amides is 1. The molecule has 0 atom stereocenters. The number of aryl methyl sites for hydroxylation is 1. The zero-order valence-electron chi connectivity index (χ0n) is 21.2. The number of hydrogen-bond donors (Lipinski definition) is 3. The molecule has 0 spiro atoms. The topological polar surface area (TPSA) is 126 Å². The first kappa shape index (κ1) is 26.3. The standard InChI is InChI=1S/C28H29FN6O3/c1-3-38-26(36)13-14-35(22-6-4-5-20(29)16-22)28(37)19-9-12-24-23(15-19)33-25(34(24)2)17-32-21-10-7-18(8-11-21)27(30)31/h4-12,15-16,32H,3,13-14,17H2,1-2H3,(H3,30,31). The summed E-state index contributed by atoms with van der Waals surface area (Å²) >= 11 is 0. The number of benzene rings is 3. The monoisotopic (exact) mass is 516 g/mol. The van der Waals surface area contributed by atoms with E-state index in [2.05, 4.69) is 5.32 Å². The molecule has 0 saturated heterocycles. The van der Waals surface area contributed by atoms with Crippen molar-refractivity contribution in [2.45, 2.75) is 19.9 Å². The summed E-state index contributed by atoms with van der Waals surface area (Å²) in [6, 6.07) is 18.1. The van der Waals surface area contributed by atoms with Gasteiger partial charge in [-0.25, -0.2) is 9.37 Å². The highest BCUT2D eigenvalue weighted by Crippen LogP contribution is 2.23. The molecule has 1 amide bonds. The maximum absolute atomic E-state index is 14.0. The lowest BCUT2D eigenvalue weighted by molar-refractivity contribution is -0.142. The van der Waals surface area contributed by atoms with Crippen LogP contribution in [0.3, 0.4) is 0 Å². The van der Waals surface area contributed by atoms with Crippen LogP contribution in [0.25, 0.3) is 11.0 Å². The first-order valence-electron chi connectivity index (χ1n) is 12.1. The fraction of sp³-hybridized carbons (Fsp3) is 0.214. The predicted octanol–water partition coefficient (Wildman–Crippen LogP) is 4.21. The largest absolute Gasteiger partial charge is 0.466 e. The molecule has 0 saturated carbocycles. The minimum Gasteiger partial charge on any atom is -0.466 e. The van der Waals surface area contributed by atoms with E-state index in [1.165, 1.54) is 23.1 Å². The highest BCUT2D eigenvalue weighted by Gasteiger charge is 2.21. The molecule has 4 aromatic rings. The lowest BCUT2D eigenvalue weighted by Crippen LogP contribution is -2.33. The van der Waals surface area contributed by atoms with E-state index < -0.39 is 11.8 Å². The summed E-state index contributed by atoms with van der Waals surface area (Å²) < 4.78 is 20.9. The molecular weight excluding hydrogens is 487 g/mol. The van der Waals surface area contributed by atoms with E-state index in [0.29, 0.717) is 28.9 Å². The predicted molar refractivity (Wildman–Crippen MR) is 145 cm³/mol. The SMILES string of the molecule is CCOC(=O)CCN(C(=O)c1ccc2c(c1)nc(CNc1ccc(C(=N)N)cc1)n2C)c1cccc(F)c1. The molecule has 196 valence electrons. The van der Waals surface area contributed by atoms with E-state index in [1.54, 1.807) is 37.3 Å². The number of aromatic nitrogens is 2. The number of nitrogens with two attached hydrogens (primary N) is 1. The lowest BCUT2D eigenvalue weighted by atomic mass is 10.1. The summed E-state index contributed by atoms with van der Waals surface area (Å²) in [6.07, 6.45) is -0.0227. The van der Waals surface area contributed by atoms with Crippen LogP contribution in [-0.2, 0) is 23.1 Å². The second-order valence-electron chi connectivity index (χ2n) is 8.63. The Bertz CT molecular complexity index is 1480. The van der Waals surface area contributed by atoms with Gasteiger partial charge in [-0.15, -0.1) is 0 Å². The fourth-order valence-electron chi connectivity index (χ4n) is 4.07. The van der Waals surface area contributed by atoms with Gasteiger partial charge in [0.1, 0.15) is 17.5 Å². The number of esters is 1. The third kappa shape index (κ3) is 5.97. The summed E-state index contributed by atoms with van der Waals surface area (Å²) in [7, 11) is 1.89. The summed E-state index contributed by atoms with van der Waals surface area (Å²) in [5.74, 6) is -0.531. The molecule has 9 nitrogen and oxygen atoms in total. The molecule has 0 bridgehead atoms. The molecular formula is C28H29FN6O3. The van der Waals surface area contributed by atoms with Gasteiger partial charge >= 0.3 is 5.97 Å². The lowest BCUT2D eigenvalue weighted by Gasteiger charge is -2.23. The Kier molecular flexibility index (Phi) is 8.00. The quantitative estimate of drug-likeness (QED) is 0.165. The number of nitrogens with zero attached hydrogens (tertiary/aromatic N) is 3. The van der Waals surface area contributed by atoms with Gasteiger partial charge in [0.25, 0.3) is 5.91 Å². The van der Waals surface area contributed by atoms with Crippen molar-refractivity contribution in [3.8, 4) is 0 Å². The molecule has 0 fully saturated rings. The van der Waals surface area contributed by atoms with Crippen LogP contribution in [0.1, 0.15) is 35.1 Å². The van der Waals surface area contributed by atoms with Gasteiger partial charge in [-0.2, -0.15) is 0 Å². The van der Waals surface area contributed by atoms with Crippen molar-refractivity contribution in [3.63, 3.8) is 0 Å². The number of halogens is 1. The summed E-state index contributed by atoms with van der Waals surface area (Å²) in [5, 5.41) is 10.8. The van der Waals surface area contributed by atoms with Crippen LogP contribution in [0.5, 0.6) is 0 Å². The van der Waals surface area contributed by atoms with Gasteiger partial charge in [-0.3, -0.25) is 15.0 Å². The molecule has 0 aliphatic carbocycles. The first-order chi connectivity index (χ1) is 18.3. The maximum Gasteiger partial charge on any atom is 0.307 e. The Labute approximate surface area is 219 Å². The van der Waals surface area contributed by atoms with Gasteiger partial charge < -0.3 is 25.3 Å². The number of carbonyl (C=O) groups is 2. The van der Waals surface area contributed by atoms with Gasteiger partial charge in [0, 0.05) is 36.1 Å². The van der Waals surface area contributed by atoms with E-state index in [-0.39, 0.29) is 31.3 Å². The van der Waals surface area contributed by atoms with Crippen LogP contribution < -0.4 is 16.0 Å². The Morgan fingerprint density at radius 2 is 1.84 bits per heavy atom. The van der Waals surface area contributed by atoms with E-state index in [0.717, 1.165) is 17.0 Å². The van der Waals surface area contributed by atoms with Gasteiger partial charge in [0.05, 0.1) is 30.6 Å². The molecule has 1 heterocycles. The zero-order chi connectivity index (χ0) is 27.2. The second-order valence-corrected chi connectivity index (χ2v) is 8.63. The normalized spacial score (nSPS) is 10.8. The van der Waals surface area contributed by atoms with Crippen LogP contribution >= 0.6 is 0 Å². The molecule has 4 N–H and O–H groups in total. The Hall–Kier alpha value is -4.73. The van der Waals surface area contributed by atoms with Crippen molar-refractivity contribution in [1.82, 2.24) is 9.55 Å². The first-order valence-corrected chi connectivity index (χ1v) is 12.1. The number of nitrogen functional groups attached to an aromatic ring is 1. The van der Waals surface area contributed by atoms with Crippen LogP contribution in [0.4, 0.5) is 15.8 Å². The molecule has 3 aromatic carbocycles. The van der Waals surface area contributed by atoms with Gasteiger partial charge in [0.15, 0.2) is 0 Å². The maximum atomic E-state index is 14.0. The van der Waals surface area contributed by atoms with Crippen molar-refractivity contribution in [2.75, 3.05) is 23.4 Å². The Morgan fingerprint density at radius 3 is 2.53 bits per heavy atom. The molecule has 0 aliphatic heterocycles. The summed E-state index contributed by atoms with van der Waals surface area (Å²) in [4.78, 5) is 31.6. The number of fused-ring (bicyclic) bond motifs is 1. The highest BCUT2D eigenvalue weighted by molar-refractivity contribution is 6.07. The number of anilines is 2. The Morgan fingerprint density at radius 1 is 1.11 bits per heavy atom. The van der Waals surface area contributed by atoms with Crippen LogP contribution in [0, 0.1) is 11.2 Å². The van der Waals surface area contributed by atoms with Crippen LogP contribution in [0.15, 0.2) is 66.7 Å². The van der Waals surface area contributed by atoms with E-state index >= 15 is 0 Å². The third-order valence-electron chi connectivity index (χ3n) is 6.08. The average Bonchev–Trinajstić information content (AvgIpc) is 3.22. The fourth-order valence-corrected chi connectivity index (χ4v) is 4.07. The zero-order valence-corrected chi connectivity index (χ0v) is 21.2. The average molecular weight is 517 g/mol. The number of ether oxygens (including phenoxy) is 1. The number of carbonyl (C=O) groups excluding carboxylic acids is 2. The Balaban J connectivity index is 1.56. The van der Waals surface area contributed by atoms with Gasteiger partial charge in [0.2, 0.25) is 0 Å². The number of imidazole rings is 1. The van der Waals surface area contributed by atoms with Crippen LogP contribution in [-0.4, -0.2) is 40.4 Å². The van der Waals surface area contributed by atoms with Crippen molar-refractivity contribution in [3.05, 3.63) is 89.5 Å². The van der Waals surface area contributed by atoms with Gasteiger partial charge in [-0.1, -0.05) is 6.07 Å². The second kappa shape index (κ2) is 11.5. The molecule has 0 unspecified atom stereocenters. The molecule has 1 aromatic heterocycles. The highest BCUT2D eigenvalue weighted by atomic mass is 19.1. The molecule has 38 heavy (non-hydrogen) atoms. The number of rotatable bonds is 10. The molecule has 0 aliphatic rings. The number of hydrogen-bond acceptors (Lipinski definition) is 6. The number of amidine groups is 1. The summed E-state index contributed by atoms with van der Waals surface area (Å²) in [6.45, 7) is 2.43. The molecule has 10 heteroatoms. The van der Waals surface area contributed by atoms with E-state index in [9.17, 15) is 14.0 Å².